The van der Waals surface area contributed by atoms with E-state index in [-0.39, 0.29) is 36.8 Å². The van der Waals surface area contributed by atoms with Gasteiger partial charge in [-0.15, -0.1) is 0 Å². The fraction of sp³-hybridized carbons (Fsp3) is 0.875. The highest BCUT2D eigenvalue weighted by atomic mass is 32.2. The molecule has 0 aromatic rings. The summed E-state index contributed by atoms with van der Waals surface area (Å²) in [4.78, 5) is 25.1. The van der Waals surface area contributed by atoms with Gasteiger partial charge in [0, 0.05) is 32.2 Å². The molecule has 144 valence electrons. The smallest absolute Gasteiger partial charge is 0.323 e. The molecule has 9 heteroatoms. The lowest BCUT2D eigenvalue weighted by Gasteiger charge is -2.37. The van der Waals surface area contributed by atoms with Crippen LogP contribution in [0.5, 0.6) is 0 Å². The van der Waals surface area contributed by atoms with Crippen molar-refractivity contribution in [1.82, 2.24) is 9.21 Å². The second-order valence-corrected chi connectivity index (χ2v) is 8.88. The van der Waals surface area contributed by atoms with Crippen LogP contribution in [0.15, 0.2) is 0 Å². The number of amides is 1. The van der Waals surface area contributed by atoms with Gasteiger partial charge >= 0.3 is 5.97 Å². The molecule has 0 saturated carbocycles. The van der Waals surface area contributed by atoms with Crippen molar-refractivity contribution < 1.29 is 27.9 Å². The van der Waals surface area contributed by atoms with Crippen LogP contribution in [0.3, 0.4) is 0 Å². The van der Waals surface area contributed by atoms with Crippen molar-refractivity contribution in [3.8, 4) is 0 Å². The van der Waals surface area contributed by atoms with E-state index in [2.05, 4.69) is 0 Å². The topological polar surface area (TPSA) is 104 Å². The first-order chi connectivity index (χ1) is 11.8. The number of hydrogen-bond acceptors (Lipinski definition) is 5. The van der Waals surface area contributed by atoms with Gasteiger partial charge in [0.2, 0.25) is 15.9 Å². The summed E-state index contributed by atoms with van der Waals surface area (Å²) < 4.78 is 30.8. The van der Waals surface area contributed by atoms with Crippen LogP contribution in [0.4, 0.5) is 0 Å². The minimum Gasteiger partial charge on any atom is -0.480 e. The maximum atomic E-state index is 12.5. The van der Waals surface area contributed by atoms with E-state index in [1.165, 1.54) is 9.21 Å². The summed E-state index contributed by atoms with van der Waals surface area (Å²) in [6.45, 7) is 2.65. The average Bonchev–Trinajstić information content (AvgIpc) is 3.11. The van der Waals surface area contributed by atoms with Crippen molar-refractivity contribution in [3.63, 3.8) is 0 Å². The molecule has 2 aliphatic heterocycles. The Morgan fingerprint density at radius 3 is 2.44 bits per heavy atom. The van der Waals surface area contributed by atoms with Crippen molar-refractivity contribution in [2.45, 2.75) is 57.6 Å². The SMILES string of the molecule is CCS(=O)(=O)N1CCC(N(CC(=O)O)C(=O)CCC2CCCO2)CC1. The van der Waals surface area contributed by atoms with Crippen LogP contribution in [-0.4, -0.2) is 78.7 Å². The highest BCUT2D eigenvalue weighted by Crippen LogP contribution is 2.22. The first kappa shape index (κ1) is 20.1. The monoisotopic (exact) mass is 376 g/mol. The van der Waals surface area contributed by atoms with Gasteiger partial charge in [-0.05, 0) is 39.0 Å². The fourth-order valence-corrected chi connectivity index (χ4v) is 4.61. The zero-order chi connectivity index (χ0) is 18.4. The number of carboxylic acid groups (broad SMARTS) is 1. The summed E-state index contributed by atoms with van der Waals surface area (Å²) in [6, 6.07) is -0.226. The van der Waals surface area contributed by atoms with Gasteiger partial charge in [-0.25, -0.2) is 12.7 Å². The highest BCUT2D eigenvalue weighted by Gasteiger charge is 2.33. The lowest BCUT2D eigenvalue weighted by Crippen LogP contribution is -2.50. The van der Waals surface area contributed by atoms with Crippen molar-refractivity contribution in [2.75, 3.05) is 32.0 Å². The number of aliphatic carboxylic acids is 1. The van der Waals surface area contributed by atoms with Crippen molar-refractivity contribution in [3.05, 3.63) is 0 Å². The average molecular weight is 376 g/mol. The summed E-state index contributed by atoms with van der Waals surface area (Å²) in [5, 5.41) is 9.14. The van der Waals surface area contributed by atoms with Gasteiger partial charge in [-0.1, -0.05) is 0 Å². The third-order valence-electron chi connectivity index (χ3n) is 4.95. The summed E-state index contributed by atoms with van der Waals surface area (Å²) in [7, 11) is -3.24. The van der Waals surface area contributed by atoms with Gasteiger partial charge in [0.15, 0.2) is 0 Å². The molecule has 1 unspecified atom stereocenters. The number of sulfonamides is 1. The normalized spacial score (nSPS) is 22.8. The van der Waals surface area contributed by atoms with Crippen LogP contribution in [0, 0.1) is 0 Å². The molecule has 1 amide bonds. The number of piperidine rings is 1. The Morgan fingerprint density at radius 2 is 1.92 bits per heavy atom. The third kappa shape index (κ3) is 5.65. The summed E-state index contributed by atoms with van der Waals surface area (Å²) in [5.41, 5.74) is 0. The predicted octanol–water partition coefficient (Wildman–Crippen LogP) is 0.673. The number of ether oxygens (including phenoxy) is 1. The first-order valence-electron chi connectivity index (χ1n) is 8.94. The maximum Gasteiger partial charge on any atom is 0.323 e. The summed E-state index contributed by atoms with van der Waals surface area (Å²) >= 11 is 0. The predicted molar refractivity (Wildman–Crippen MR) is 91.6 cm³/mol. The van der Waals surface area contributed by atoms with Crippen LogP contribution in [0.2, 0.25) is 0 Å². The Hall–Kier alpha value is -1.19. The molecule has 1 N–H and O–H groups in total. The molecular weight excluding hydrogens is 348 g/mol. The summed E-state index contributed by atoms with van der Waals surface area (Å²) in [5.74, 6) is -1.18. The molecule has 0 spiro atoms. The standard InChI is InChI=1S/C16H28N2O6S/c1-2-25(22,23)17-9-7-13(8-10-17)18(12-16(20)21)15(19)6-5-14-4-3-11-24-14/h13-14H,2-12H2,1H3,(H,20,21). The van der Waals surface area contributed by atoms with E-state index in [9.17, 15) is 18.0 Å². The molecule has 2 aliphatic rings. The third-order valence-corrected chi connectivity index (χ3v) is 6.83. The Kier molecular flexibility index (Phi) is 7.21. The second-order valence-electron chi connectivity index (χ2n) is 6.62. The lowest BCUT2D eigenvalue weighted by molar-refractivity contribution is -0.147. The molecule has 2 heterocycles. The fourth-order valence-electron chi connectivity index (χ4n) is 3.48. The zero-order valence-corrected chi connectivity index (χ0v) is 15.5. The van der Waals surface area contributed by atoms with Crippen LogP contribution in [-0.2, 0) is 24.3 Å². The van der Waals surface area contributed by atoms with Crippen molar-refractivity contribution in [1.29, 1.82) is 0 Å². The van der Waals surface area contributed by atoms with Crippen molar-refractivity contribution in [2.24, 2.45) is 0 Å². The number of hydrogen-bond donors (Lipinski definition) is 1. The number of nitrogens with zero attached hydrogens (tertiary/aromatic N) is 2. The molecule has 0 bridgehead atoms. The van der Waals surface area contributed by atoms with E-state index in [0.29, 0.717) is 32.4 Å². The minimum absolute atomic E-state index is 0.0524. The minimum atomic E-state index is -3.24. The number of carbonyl (C=O) groups is 2. The van der Waals surface area contributed by atoms with Crippen LogP contribution in [0.1, 0.15) is 45.4 Å². The molecule has 25 heavy (non-hydrogen) atoms. The van der Waals surface area contributed by atoms with E-state index < -0.39 is 16.0 Å². The molecular formula is C16H28N2O6S. The molecule has 2 rings (SSSR count). The Morgan fingerprint density at radius 1 is 1.24 bits per heavy atom. The van der Waals surface area contributed by atoms with Crippen LogP contribution in [0.25, 0.3) is 0 Å². The molecule has 0 aromatic carbocycles. The zero-order valence-electron chi connectivity index (χ0n) is 14.7. The van der Waals surface area contributed by atoms with E-state index in [1.54, 1.807) is 6.92 Å². The first-order valence-corrected chi connectivity index (χ1v) is 10.5. The van der Waals surface area contributed by atoms with Crippen LogP contribution < -0.4 is 0 Å². The van der Waals surface area contributed by atoms with E-state index in [1.807, 2.05) is 0 Å². The van der Waals surface area contributed by atoms with Gasteiger partial charge in [0.05, 0.1) is 11.9 Å². The van der Waals surface area contributed by atoms with Gasteiger partial charge in [-0.3, -0.25) is 9.59 Å². The molecule has 0 aromatic heterocycles. The van der Waals surface area contributed by atoms with E-state index >= 15 is 0 Å². The molecule has 0 radical (unpaired) electrons. The Bertz CT molecular complexity index is 565. The van der Waals surface area contributed by atoms with Gasteiger partial charge in [0.25, 0.3) is 0 Å². The Balaban J connectivity index is 1.92. The van der Waals surface area contributed by atoms with Gasteiger partial charge < -0.3 is 14.7 Å². The largest absolute Gasteiger partial charge is 0.480 e. The molecule has 2 saturated heterocycles. The van der Waals surface area contributed by atoms with Gasteiger partial charge in [-0.2, -0.15) is 0 Å². The maximum absolute atomic E-state index is 12.5. The van der Waals surface area contributed by atoms with E-state index in [0.717, 1.165) is 19.4 Å². The quantitative estimate of drug-likeness (QED) is 0.668. The Labute approximate surface area is 149 Å². The number of carboxylic acids is 1. The summed E-state index contributed by atoms with van der Waals surface area (Å²) in [6.07, 6.45) is 3.86. The van der Waals surface area contributed by atoms with Crippen molar-refractivity contribution >= 4 is 21.9 Å². The van der Waals surface area contributed by atoms with E-state index in [4.69, 9.17) is 9.84 Å². The van der Waals surface area contributed by atoms with Crippen LogP contribution >= 0.6 is 0 Å². The molecule has 8 nitrogen and oxygen atoms in total. The number of carbonyl (C=O) groups excluding carboxylic acids is 1. The highest BCUT2D eigenvalue weighted by molar-refractivity contribution is 7.89. The molecule has 1 atom stereocenters. The second kappa shape index (κ2) is 8.95. The van der Waals surface area contributed by atoms with Gasteiger partial charge in [0.1, 0.15) is 6.54 Å². The number of rotatable bonds is 8. The molecule has 0 aliphatic carbocycles. The molecule has 2 fully saturated rings. The lowest BCUT2D eigenvalue weighted by atomic mass is 10.0.